The van der Waals surface area contributed by atoms with E-state index in [2.05, 4.69) is 25.9 Å². The normalized spacial score (nSPS) is 12.0. The van der Waals surface area contributed by atoms with Gasteiger partial charge < -0.3 is 10.4 Å². The number of thiophene rings is 1. The molecule has 0 radical (unpaired) electrons. The van der Waals surface area contributed by atoms with Crippen molar-refractivity contribution in [1.82, 2.24) is 20.6 Å². The number of tetrazole rings is 1. The highest BCUT2D eigenvalue weighted by Crippen LogP contribution is 2.23. The van der Waals surface area contributed by atoms with Crippen LogP contribution in [0.1, 0.15) is 16.6 Å². The van der Waals surface area contributed by atoms with E-state index in [-0.39, 0.29) is 11.5 Å². The van der Waals surface area contributed by atoms with Crippen LogP contribution in [-0.2, 0) is 11.2 Å². The number of carbonyl (C=O) groups excluding carboxylic acids is 1. The number of hydrogen-bond donors (Lipinski definition) is 1. The van der Waals surface area contributed by atoms with E-state index in [9.17, 15) is 9.18 Å². The fourth-order valence-electron chi connectivity index (χ4n) is 2.00. The van der Waals surface area contributed by atoms with Crippen LogP contribution in [-0.4, -0.2) is 21.4 Å². The molecule has 0 saturated carbocycles. The summed E-state index contributed by atoms with van der Waals surface area (Å²) >= 11 is 1.52. The summed E-state index contributed by atoms with van der Waals surface area (Å²) in [5.74, 6) is -1.34. The van der Waals surface area contributed by atoms with Crippen molar-refractivity contribution in [2.24, 2.45) is 0 Å². The number of para-hydroxylation sites is 1. The molecule has 0 aliphatic heterocycles. The van der Waals surface area contributed by atoms with Crippen molar-refractivity contribution in [1.29, 1.82) is 0 Å². The Morgan fingerprint density at radius 2 is 2.18 bits per heavy atom. The molecule has 0 aliphatic rings. The Morgan fingerprint density at radius 3 is 2.86 bits per heavy atom. The first kappa shape index (κ1) is 14.3. The molecule has 0 unspecified atom stereocenters. The number of carbonyl (C=O) groups is 1. The predicted molar refractivity (Wildman–Crippen MR) is 78.9 cm³/mol. The van der Waals surface area contributed by atoms with Gasteiger partial charge in [0.05, 0.1) is 11.6 Å². The summed E-state index contributed by atoms with van der Waals surface area (Å²) in [6.07, 6.45) is 0.408. The van der Waals surface area contributed by atoms with E-state index in [1.165, 1.54) is 23.5 Å². The molecule has 2 heterocycles. The number of nitrogens with zero attached hydrogens (tertiary/aromatic N) is 4. The first-order valence-electron chi connectivity index (χ1n) is 6.50. The van der Waals surface area contributed by atoms with Crippen LogP contribution in [0.5, 0.6) is 0 Å². The maximum atomic E-state index is 13.7. The first-order valence-corrected chi connectivity index (χ1v) is 7.38. The molecule has 0 fully saturated rings. The van der Waals surface area contributed by atoms with Crippen LogP contribution < -0.4 is 10.4 Å². The van der Waals surface area contributed by atoms with Crippen molar-refractivity contribution in [3.8, 4) is 0 Å². The summed E-state index contributed by atoms with van der Waals surface area (Å²) in [5.41, 5.74) is 0.121. The summed E-state index contributed by atoms with van der Waals surface area (Å²) < 4.78 is 13.7. The Labute approximate surface area is 129 Å². The van der Waals surface area contributed by atoms with Crippen molar-refractivity contribution >= 4 is 22.9 Å². The zero-order valence-corrected chi connectivity index (χ0v) is 12.1. The molecule has 0 bridgehead atoms. The smallest absolute Gasteiger partial charge is 0.232 e. The standard InChI is InChI=1S/C14H12FN5OS/c15-11-5-1-2-6-12(11)16-14(21)10(13-17-19-20-18-13)8-9-4-3-7-22-9/h1-7,10H,8H2,(H2,16,17,18,19,20,21)/p-1/t10-/m0/s1. The Kier molecular flexibility index (Phi) is 4.19. The monoisotopic (exact) mass is 316 g/mol. The average molecular weight is 316 g/mol. The number of halogens is 1. The minimum atomic E-state index is -0.673. The van der Waals surface area contributed by atoms with Gasteiger partial charge in [-0.2, -0.15) is 5.21 Å². The van der Waals surface area contributed by atoms with E-state index in [1.807, 2.05) is 17.5 Å². The van der Waals surface area contributed by atoms with Gasteiger partial charge in [-0.05, 0) is 30.0 Å². The summed E-state index contributed by atoms with van der Waals surface area (Å²) in [4.78, 5) is 13.5. The number of rotatable bonds is 5. The lowest BCUT2D eigenvalue weighted by Crippen LogP contribution is -2.24. The van der Waals surface area contributed by atoms with Crippen molar-refractivity contribution in [2.75, 3.05) is 5.32 Å². The molecule has 22 heavy (non-hydrogen) atoms. The van der Waals surface area contributed by atoms with Crippen LogP contribution in [0.4, 0.5) is 10.1 Å². The molecule has 1 atom stereocenters. The van der Waals surface area contributed by atoms with Crippen molar-refractivity contribution in [3.05, 3.63) is 58.3 Å². The molecule has 0 spiro atoms. The molecule has 8 heteroatoms. The van der Waals surface area contributed by atoms with E-state index in [4.69, 9.17) is 0 Å². The molecule has 2 aromatic heterocycles. The molecule has 1 aromatic carbocycles. The minimum Gasteiger partial charge on any atom is -0.335 e. The maximum absolute atomic E-state index is 13.7. The fraction of sp³-hybridized carbons (Fsp3) is 0.143. The van der Waals surface area contributed by atoms with E-state index in [1.54, 1.807) is 12.1 Å². The Morgan fingerprint density at radius 1 is 1.32 bits per heavy atom. The van der Waals surface area contributed by atoms with Gasteiger partial charge in [-0.25, -0.2) is 4.39 Å². The SMILES string of the molecule is O=C(Nc1ccccc1F)[C@@H](Cc1cccs1)c1nnn[n-]1. The highest BCUT2D eigenvalue weighted by molar-refractivity contribution is 7.09. The lowest BCUT2D eigenvalue weighted by Gasteiger charge is -2.16. The second-order valence-corrected chi connectivity index (χ2v) is 5.57. The van der Waals surface area contributed by atoms with E-state index < -0.39 is 17.6 Å². The van der Waals surface area contributed by atoms with Crippen LogP contribution in [0.25, 0.3) is 0 Å². The largest absolute Gasteiger partial charge is 0.335 e. The topological polar surface area (TPSA) is 81.9 Å². The zero-order valence-electron chi connectivity index (χ0n) is 11.3. The van der Waals surface area contributed by atoms with Crippen LogP contribution in [0.15, 0.2) is 41.8 Å². The lowest BCUT2D eigenvalue weighted by molar-refractivity contribution is -0.117. The van der Waals surface area contributed by atoms with Gasteiger partial charge in [0, 0.05) is 10.7 Å². The van der Waals surface area contributed by atoms with Crippen molar-refractivity contribution < 1.29 is 9.18 Å². The molecular formula is C14H11FN5OS-. The van der Waals surface area contributed by atoms with E-state index in [0.717, 1.165) is 4.88 Å². The molecule has 6 nitrogen and oxygen atoms in total. The van der Waals surface area contributed by atoms with Gasteiger partial charge in [0.2, 0.25) is 5.91 Å². The van der Waals surface area contributed by atoms with Crippen molar-refractivity contribution in [2.45, 2.75) is 12.3 Å². The number of benzene rings is 1. The second kappa shape index (κ2) is 6.44. The maximum Gasteiger partial charge on any atom is 0.232 e. The summed E-state index contributed by atoms with van der Waals surface area (Å²) in [6.45, 7) is 0. The van der Waals surface area contributed by atoms with Gasteiger partial charge in [-0.1, -0.05) is 18.2 Å². The van der Waals surface area contributed by atoms with Crippen LogP contribution >= 0.6 is 11.3 Å². The molecule has 1 N–H and O–H groups in total. The number of aromatic nitrogens is 4. The number of nitrogens with one attached hydrogen (secondary N) is 1. The fourth-order valence-corrected chi connectivity index (χ4v) is 2.76. The quantitative estimate of drug-likeness (QED) is 0.778. The Balaban J connectivity index is 1.82. The number of hydrogen-bond acceptors (Lipinski definition) is 5. The Bertz CT molecular complexity index is 744. The Hall–Kier alpha value is -2.61. The number of amides is 1. The second-order valence-electron chi connectivity index (χ2n) is 4.54. The highest BCUT2D eigenvalue weighted by Gasteiger charge is 2.22. The van der Waals surface area contributed by atoms with Gasteiger partial charge in [0.1, 0.15) is 5.82 Å². The van der Waals surface area contributed by atoms with Crippen LogP contribution in [0.3, 0.4) is 0 Å². The molecule has 0 aliphatic carbocycles. The minimum absolute atomic E-state index is 0.121. The van der Waals surface area contributed by atoms with Crippen LogP contribution in [0, 0.1) is 5.82 Å². The zero-order chi connectivity index (χ0) is 15.4. The third-order valence-electron chi connectivity index (χ3n) is 3.08. The molecule has 3 aromatic rings. The summed E-state index contributed by atoms with van der Waals surface area (Å²) in [6, 6.07) is 9.80. The molecule has 1 amide bonds. The first-order chi connectivity index (χ1) is 10.7. The molecule has 0 saturated heterocycles. The van der Waals surface area contributed by atoms with Gasteiger partial charge in [-0.3, -0.25) is 15.1 Å². The third kappa shape index (κ3) is 3.17. The molecule has 112 valence electrons. The summed E-state index contributed by atoms with van der Waals surface area (Å²) in [5, 5.41) is 18.8. The number of anilines is 1. The van der Waals surface area contributed by atoms with E-state index >= 15 is 0 Å². The lowest BCUT2D eigenvalue weighted by atomic mass is 10.0. The van der Waals surface area contributed by atoms with Gasteiger partial charge in [0.15, 0.2) is 0 Å². The van der Waals surface area contributed by atoms with Gasteiger partial charge >= 0.3 is 0 Å². The highest BCUT2D eigenvalue weighted by atomic mass is 32.1. The van der Waals surface area contributed by atoms with E-state index in [0.29, 0.717) is 6.42 Å². The molecular weight excluding hydrogens is 305 g/mol. The van der Waals surface area contributed by atoms with Crippen LogP contribution in [0.2, 0.25) is 0 Å². The molecule has 3 rings (SSSR count). The third-order valence-corrected chi connectivity index (χ3v) is 3.98. The van der Waals surface area contributed by atoms with Gasteiger partial charge in [0.25, 0.3) is 0 Å². The van der Waals surface area contributed by atoms with Gasteiger partial charge in [-0.15, -0.1) is 11.3 Å². The predicted octanol–water partition coefficient (Wildman–Crippen LogP) is 1.99. The average Bonchev–Trinajstić information content (AvgIpc) is 3.20. The summed E-state index contributed by atoms with van der Waals surface area (Å²) in [7, 11) is 0. The van der Waals surface area contributed by atoms with Crippen molar-refractivity contribution in [3.63, 3.8) is 0 Å².